The zero-order chi connectivity index (χ0) is 14.5. The molecule has 1 N–H and O–H groups in total. The molecule has 0 heterocycles. The Morgan fingerprint density at radius 1 is 1.20 bits per heavy atom. The first kappa shape index (κ1) is 14.8. The number of rotatable bonds is 3. The van der Waals surface area contributed by atoms with Crippen molar-refractivity contribution < 1.29 is 4.79 Å². The van der Waals surface area contributed by atoms with Crippen LogP contribution < -0.4 is 5.32 Å². The van der Waals surface area contributed by atoms with Crippen LogP contribution >= 0.6 is 27.5 Å². The normalized spacial score (nSPS) is 10.8. The van der Waals surface area contributed by atoms with E-state index < -0.39 is 0 Å². The third-order valence-electron chi connectivity index (χ3n) is 2.75. The first-order chi connectivity index (χ1) is 9.54. The molecule has 0 saturated carbocycles. The van der Waals surface area contributed by atoms with Gasteiger partial charge in [-0.15, -0.1) is 0 Å². The number of aryl methyl sites for hydroxylation is 1. The van der Waals surface area contributed by atoms with Crippen LogP contribution in [0.4, 0.5) is 5.69 Å². The fraction of sp³-hybridized carbons (Fsp3) is 0.0625. The smallest absolute Gasteiger partial charge is 0.248 e. The van der Waals surface area contributed by atoms with Crippen molar-refractivity contribution in [3.05, 3.63) is 69.2 Å². The molecule has 1 amide bonds. The molecule has 2 aromatic rings. The summed E-state index contributed by atoms with van der Waals surface area (Å²) < 4.78 is 1.01. The molecule has 0 aliphatic heterocycles. The van der Waals surface area contributed by atoms with E-state index in [1.165, 1.54) is 6.08 Å². The maximum atomic E-state index is 11.9. The van der Waals surface area contributed by atoms with Gasteiger partial charge in [-0.3, -0.25) is 4.79 Å². The van der Waals surface area contributed by atoms with Gasteiger partial charge < -0.3 is 5.32 Å². The first-order valence-corrected chi connectivity index (χ1v) is 7.22. The number of nitrogens with one attached hydrogen (secondary N) is 1. The van der Waals surface area contributed by atoms with Gasteiger partial charge in [-0.2, -0.15) is 0 Å². The molecule has 102 valence electrons. The molecule has 20 heavy (non-hydrogen) atoms. The van der Waals surface area contributed by atoms with E-state index in [1.807, 2.05) is 37.3 Å². The van der Waals surface area contributed by atoms with Crippen molar-refractivity contribution >= 4 is 45.2 Å². The Morgan fingerprint density at radius 2 is 1.90 bits per heavy atom. The Balaban J connectivity index is 2.05. The average molecular weight is 351 g/mol. The molecule has 0 fully saturated rings. The number of halogens is 2. The van der Waals surface area contributed by atoms with E-state index in [0.717, 1.165) is 21.3 Å². The molecule has 0 atom stereocenters. The van der Waals surface area contributed by atoms with E-state index in [0.29, 0.717) is 5.02 Å². The summed E-state index contributed by atoms with van der Waals surface area (Å²) in [5.41, 5.74) is 2.66. The van der Waals surface area contributed by atoms with E-state index >= 15 is 0 Å². The quantitative estimate of drug-likeness (QED) is 0.770. The predicted molar refractivity (Wildman–Crippen MR) is 88.0 cm³/mol. The van der Waals surface area contributed by atoms with E-state index in [-0.39, 0.29) is 5.91 Å². The molecule has 2 rings (SSSR count). The van der Waals surface area contributed by atoms with Gasteiger partial charge in [0.05, 0.1) is 0 Å². The molecule has 0 saturated heterocycles. The molecule has 0 aromatic heterocycles. The van der Waals surface area contributed by atoms with E-state index in [4.69, 9.17) is 11.6 Å². The summed E-state index contributed by atoms with van der Waals surface area (Å²) in [6, 6.07) is 13.1. The number of carbonyl (C=O) groups excluding carboxylic acids is 1. The minimum absolute atomic E-state index is 0.182. The number of amides is 1. The van der Waals surface area contributed by atoms with E-state index in [9.17, 15) is 4.79 Å². The molecule has 0 unspecified atom stereocenters. The minimum Gasteiger partial charge on any atom is -0.322 e. The van der Waals surface area contributed by atoms with Crippen molar-refractivity contribution in [3.63, 3.8) is 0 Å². The number of hydrogen-bond donors (Lipinski definition) is 1. The van der Waals surface area contributed by atoms with Gasteiger partial charge >= 0.3 is 0 Å². The fourth-order valence-electron chi connectivity index (χ4n) is 1.65. The third kappa shape index (κ3) is 4.22. The van der Waals surface area contributed by atoms with Crippen LogP contribution in [0, 0.1) is 6.92 Å². The summed E-state index contributed by atoms with van der Waals surface area (Å²) in [6.45, 7) is 1.92. The van der Waals surface area contributed by atoms with Crippen molar-refractivity contribution in [3.8, 4) is 0 Å². The molecular formula is C16H13BrClNO. The van der Waals surface area contributed by atoms with Gasteiger partial charge in [0.2, 0.25) is 5.91 Å². The van der Waals surface area contributed by atoms with Crippen LogP contribution in [-0.2, 0) is 4.79 Å². The van der Waals surface area contributed by atoms with Gasteiger partial charge in [0.15, 0.2) is 0 Å². The van der Waals surface area contributed by atoms with Crippen LogP contribution in [0.25, 0.3) is 6.08 Å². The highest BCUT2D eigenvalue weighted by atomic mass is 79.9. The summed E-state index contributed by atoms with van der Waals surface area (Å²) in [6.07, 6.45) is 3.27. The van der Waals surface area contributed by atoms with Crippen molar-refractivity contribution in [1.82, 2.24) is 0 Å². The van der Waals surface area contributed by atoms with Crippen LogP contribution in [0.1, 0.15) is 11.1 Å². The lowest BCUT2D eigenvalue weighted by atomic mass is 10.2. The standard InChI is InChI=1S/C16H13BrClNO/c1-11-2-8-14(18)10-15(11)19-16(20)9-5-12-3-6-13(17)7-4-12/h2-10H,1H3,(H,19,20). The van der Waals surface area contributed by atoms with Crippen molar-refractivity contribution in [2.75, 3.05) is 5.32 Å². The lowest BCUT2D eigenvalue weighted by Crippen LogP contribution is -2.08. The Morgan fingerprint density at radius 3 is 2.60 bits per heavy atom. The Bertz CT molecular complexity index is 650. The maximum Gasteiger partial charge on any atom is 0.248 e. The van der Waals surface area contributed by atoms with Crippen molar-refractivity contribution in [2.45, 2.75) is 6.92 Å². The third-order valence-corrected chi connectivity index (χ3v) is 3.52. The molecule has 0 radical (unpaired) electrons. The Hall–Kier alpha value is -1.58. The molecular weight excluding hydrogens is 338 g/mol. The van der Waals surface area contributed by atoms with Crippen LogP contribution in [-0.4, -0.2) is 5.91 Å². The van der Waals surface area contributed by atoms with E-state index in [2.05, 4.69) is 21.2 Å². The summed E-state index contributed by atoms with van der Waals surface area (Å²) in [5, 5.41) is 3.41. The van der Waals surface area contributed by atoms with Gasteiger partial charge in [-0.25, -0.2) is 0 Å². The van der Waals surface area contributed by atoms with Gasteiger partial charge in [-0.05, 0) is 48.4 Å². The summed E-state index contributed by atoms with van der Waals surface area (Å²) >= 11 is 9.28. The molecule has 4 heteroatoms. The maximum absolute atomic E-state index is 11.9. The highest BCUT2D eigenvalue weighted by Gasteiger charge is 2.02. The number of benzene rings is 2. The topological polar surface area (TPSA) is 29.1 Å². The second kappa shape index (κ2) is 6.73. The molecule has 0 aliphatic carbocycles. The van der Waals surface area contributed by atoms with Crippen molar-refractivity contribution in [2.24, 2.45) is 0 Å². The van der Waals surface area contributed by atoms with E-state index in [1.54, 1.807) is 18.2 Å². The average Bonchev–Trinajstić information content (AvgIpc) is 2.42. The SMILES string of the molecule is Cc1ccc(Cl)cc1NC(=O)C=Cc1ccc(Br)cc1. The fourth-order valence-corrected chi connectivity index (χ4v) is 2.09. The van der Waals surface area contributed by atoms with Gasteiger partial charge in [0.25, 0.3) is 0 Å². The highest BCUT2D eigenvalue weighted by Crippen LogP contribution is 2.20. The predicted octanol–water partition coefficient (Wildman–Crippen LogP) is 5.06. The van der Waals surface area contributed by atoms with Crippen LogP contribution in [0.2, 0.25) is 5.02 Å². The summed E-state index contributed by atoms with van der Waals surface area (Å²) in [4.78, 5) is 11.9. The zero-order valence-corrected chi connectivity index (χ0v) is 13.2. The number of carbonyl (C=O) groups is 1. The molecule has 0 bridgehead atoms. The molecule has 0 aliphatic rings. The minimum atomic E-state index is -0.182. The van der Waals surface area contributed by atoms with Crippen LogP contribution in [0.5, 0.6) is 0 Å². The second-order valence-electron chi connectivity index (χ2n) is 4.33. The van der Waals surface area contributed by atoms with Gasteiger partial charge in [0.1, 0.15) is 0 Å². The zero-order valence-electron chi connectivity index (χ0n) is 10.9. The van der Waals surface area contributed by atoms with Crippen LogP contribution in [0.3, 0.4) is 0 Å². The summed E-state index contributed by atoms with van der Waals surface area (Å²) in [5.74, 6) is -0.182. The van der Waals surface area contributed by atoms with Crippen LogP contribution in [0.15, 0.2) is 53.0 Å². The largest absolute Gasteiger partial charge is 0.322 e. The molecule has 0 spiro atoms. The Kier molecular flexibility index (Phi) is 4.99. The molecule has 2 nitrogen and oxygen atoms in total. The second-order valence-corrected chi connectivity index (χ2v) is 5.69. The summed E-state index contributed by atoms with van der Waals surface area (Å²) in [7, 11) is 0. The lowest BCUT2D eigenvalue weighted by molar-refractivity contribution is -0.111. The van der Waals surface area contributed by atoms with Gasteiger partial charge in [-0.1, -0.05) is 45.7 Å². The Labute approximate surface area is 131 Å². The number of hydrogen-bond acceptors (Lipinski definition) is 1. The first-order valence-electron chi connectivity index (χ1n) is 6.05. The lowest BCUT2D eigenvalue weighted by Gasteiger charge is -2.06. The molecule has 2 aromatic carbocycles. The van der Waals surface area contributed by atoms with Crippen molar-refractivity contribution in [1.29, 1.82) is 0 Å². The monoisotopic (exact) mass is 349 g/mol. The highest BCUT2D eigenvalue weighted by molar-refractivity contribution is 9.10. The van der Waals surface area contributed by atoms with Gasteiger partial charge in [0, 0.05) is 21.3 Å². The number of anilines is 1.